The number of H-pyrrole nitrogens is 1. The second-order valence-electron chi connectivity index (χ2n) is 2.34. The van der Waals surface area contributed by atoms with Gasteiger partial charge in [0.1, 0.15) is 5.52 Å². The van der Waals surface area contributed by atoms with Crippen molar-refractivity contribution >= 4 is 11.2 Å². The Bertz CT molecular complexity index is 493. The fourth-order valence-corrected chi connectivity index (χ4v) is 0.921. The second kappa shape index (κ2) is 2.81. The van der Waals surface area contributed by atoms with E-state index >= 15 is 0 Å². The molecule has 2 heterocycles. The van der Waals surface area contributed by atoms with Crippen molar-refractivity contribution in [1.82, 2.24) is 19.9 Å². The second-order valence-corrected chi connectivity index (χ2v) is 2.34. The first-order chi connectivity index (χ1) is 6.29. The molecule has 0 saturated heterocycles. The molecule has 0 radical (unpaired) electrons. The van der Waals surface area contributed by atoms with E-state index in [-0.39, 0.29) is 11.6 Å². The third-order valence-corrected chi connectivity index (χ3v) is 1.49. The molecule has 0 saturated carbocycles. The summed E-state index contributed by atoms with van der Waals surface area (Å²) < 4.78 is 4.79. The van der Waals surface area contributed by atoms with E-state index in [1.807, 2.05) is 0 Å². The van der Waals surface area contributed by atoms with Crippen LogP contribution in [0.4, 0.5) is 0 Å². The van der Waals surface area contributed by atoms with Gasteiger partial charge in [-0.25, -0.2) is 9.97 Å². The standard InChI is InChI=1S/C7H6N4O2/c1-13-7-9-2-4-6(11-7)10-5(12)3-8-4/h2-3H,1H3,(H,9,10,11,12). The van der Waals surface area contributed by atoms with Crippen LogP contribution < -0.4 is 10.3 Å². The van der Waals surface area contributed by atoms with E-state index < -0.39 is 0 Å². The maximum atomic E-state index is 10.9. The van der Waals surface area contributed by atoms with E-state index in [1.165, 1.54) is 19.5 Å². The van der Waals surface area contributed by atoms with Crippen LogP contribution in [-0.2, 0) is 0 Å². The molecule has 66 valence electrons. The highest BCUT2D eigenvalue weighted by molar-refractivity contribution is 5.67. The summed E-state index contributed by atoms with van der Waals surface area (Å²) in [6.45, 7) is 0. The predicted octanol–water partition coefficient (Wildman–Crippen LogP) is -0.278. The molecule has 0 fully saturated rings. The van der Waals surface area contributed by atoms with E-state index in [0.717, 1.165) is 0 Å². The largest absolute Gasteiger partial charge is 0.467 e. The van der Waals surface area contributed by atoms with E-state index in [0.29, 0.717) is 11.2 Å². The summed E-state index contributed by atoms with van der Waals surface area (Å²) in [6.07, 6.45) is 2.66. The zero-order chi connectivity index (χ0) is 9.26. The minimum Gasteiger partial charge on any atom is -0.467 e. The van der Waals surface area contributed by atoms with Crippen LogP contribution >= 0.6 is 0 Å². The van der Waals surface area contributed by atoms with Gasteiger partial charge in [0.15, 0.2) is 5.65 Å². The zero-order valence-corrected chi connectivity index (χ0v) is 6.81. The lowest BCUT2D eigenvalue weighted by molar-refractivity contribution is 0.381. The van der Waals surface area contributed by atoms with Crippen molar-refractivity contribution in [2.45, 2.75) is 0 Å². The molecule has 0 amide bonds. The van der Waals surface area contributed by atoms with Crippen molar-refractivity contribution in [3.05, 3.63) is 22.7 Å². The number of aromatic nitrogens is 4. The van der Waals surface area contributed by atoms with Crippen molar-refractivity contribution in [3.63, 3.8) is 0 Å². The van der Waals surface area contributed by atoms with Gasteiger partial charge in [-0.3, -0.25) is 4.79 Å². The molecule has 2 rings (SSSR count). The van der Waals surface area contributed by atoms with E-state index in [2.05, 4.69) is 19.9 Å². The highest BCUT2D eigenvalue weighted by Crippen LogP contribution is 2.05. The highest BCUT2D eigenvalue weighted by Gasteiger charge is 2.00. The van der Waals surface area contributed by atoms with Gasteiger partial charge in [-0.05, 0) is 0 Å². The molecule has 0 aliphatic heterocycles. The molecule has 0 aromatic carbocycles. The molecule has 2 aromatic rings. The van der Waals surface area contributed by atoms with Crippen LogP contribution in [0.5, 0.6) is 6.01 Å². The Morgan fingerprint density at radius 3 is 3.00 bits per heavy atom. The van der Waals surface area contributed by atoms with E-state index in [9.17, 15) is 4.79 Å². The van der Waals surface area contributed by atoms with Gasteiger partial charge in [-0.2, -0.15) is 4.98 Å². The third-order valence-electron chi connectivity index (χ3n) is 1.49. The van der Waals surface area contributed by atoms with Crippen LogP contribution in [0.3, 0.4) is 0 Å². The predicted molar refractivity (Wildman–Crippen MR) is 44.5 cm³/mol. The molecule has 0 bridgehead atoms. The molecule has 6 nitrogen and oxygen atoms in total. The SMILES string of the molecule is COc1ncc2ncc(=O)[nH]c2n1. The van der Waals surface area contributed by atoms with Gasteiger partial charge in [0.05, 0.1) is 19.5 Å². The average molecular weight is 178 g/mol. The molecule has 6 heteroatoms. The normalized spacial score (nSPS) is 10.2. The molecule has 0 aliphatic rings. The Hall–Kier alpha value is -1.98. The lowest BCUT2D eigenvalue weighted by atomic mass is 10.5. The highest BCUT2D eigenvalue weighted by atomic mass is 16.5. The monoisotopic (exact) mass is 178 g/mol. The molecule has 13 heavy (non-hydrogen) atoms. The summed E-state index contributed by atoms with van der Waals surface area (Å²) in [5, 5.41) is 0. The fraction of sp³-hybridized carbons (Fsp3) is 0.143. The summed E-state index contributed by atoms with van der Waals surface area (Å²) in [5.74, 6) is 0. The summed E-state index contributed by atoms with van der Waals surface area (Å²) in [6, 6.07) is 0.205. The topological polar surface area (TPSA) is 80.8 Å². The van der Waals surface area contributed by atoms with Crippen LogP contribution in [0.25, 0.3) is 11.2 Å². The minimum absolute atomic E-state index is 0.205. The summed E-state index contributed by atoms with van der Waals surface area (Å²) in [5.41, 5.74) is 0.605. The molecule has 0 aliphatic carbocycles. The Balaban J connectivity index is 2.75. The van der Waals surface area contributed by atoms with Crippen LogP contribution in [0.2, 0.25) is 0 Å². The number of hydrogen-bond donors (Lipinski definition) is 1. The number of fused-ring (bicyclic) bond motifs is 1. The van der Waals surface area contributed by atoms with Crippen LogP contribution in [0.1, 0.15) is 0 Å². The van der Waals surface area contributed by atoms with Gasteiger partial charge < -0.3 is 9.72 Å². The number of rotatable bonds is 1. The quantitative estimate of drug-likeness (QED) is 0.649. The summed E-state index contributed by atoms with van der Waals surface area (Å²) in [7, 11) is 1.45. The Morgan fingerprint density at radius 2 is 2.23 bits per heavy atom. The van der Waals surface area contributed by atoms with Gasteiger partial charge in [0, 0.05) is 0 Å². The number of ether oxygens (including phenoxy) is 1. The zero-order valence-electron chi connectivity index (χ0n) is 6.81. The van der Waals surface area contributed by atoms with E-state index in [4.69, 9.17) is 4.74 Å². The van der Waals surface area contributed by atoms with E-state index in [1.54, 1.807) is 0 Å². The molecule has 2 aromatic heterocycles. The van der Waals surface area contributed by atoms with Crippen molar-refractivity contribution in [1.29, 1.82) is 0 Å². The van der Waals surface area contributed by atoms with Crippen molar-refractivity contribution < 1.29 is 4.74 Å². The number of aromatic amines is 1. The molecule has 0 spiro atoms. The fourth-order valence-electron chi connectivity index (χ4n) is 0.921. The summed E-state index contributed by atoms with van der Waals surface area (Å²) in [4.78, 5) is 25.0. The van der Waals surface area contributed by atoms with Gasteiger partial charge in [-0.1, -0.05) is 0 Å². The number of nitrogens with zero attached hydrogens (tertiary/aromatic N) is 3. The molecule has 0 atom stereocenters. The van der Waals surface area contributed by atoms with Gasteiger partial charge in [0.25, 0.3) is 5.56 Å². The Labute approximate surface area is 72.6 Å². The first-order valence-corrected chi connectivity index (χ1v) is 3.55. The van der Waals surface area contributed by atoms with Crippen LogP contribution in [0, 0.1) is 0 Å². The average Bonchev–Trinajstić information content (AvgIpc) is 2.16. The number of methoxy groups -OCH3 is 1. The van der Waals surface area contributed by atoms with Crippen LogP contribution in [0.15, 0.2) is 17.2 Å². The van der Waals surface area contributed by atoms with Gasteiger partial charge in [-0.15, -0.1) is 0 Å². The van der Waals surface area contributed by atoms with Gasteiger partial charge >= 0.3 is 6.01 Å². The minimum atomic E-state index is -0.298. The van der Waals surface area contributed by atoms with Crippen molar-refractivity contribution in [2.24, 2.45) is 0 Å². The van der Waals surface area contributed by atoms with Crippen molar-refractivity contribution in [3.8, 4) is 6.01 Å². The van der Waals surface area contributed by atoms with Crippen molar-refractivity contribution in [2.75, 3.05) is 7.11 Å². The van der Waals surface area contributed by atoms with Crippen LogP contribution in [-0.4, -0.2) is 27.0 Å². The first-order valence-electron chi connectivity index (χ1n) is 3.55. The lowest BCUT2D eigenvalue weighted by Crippen LogP contribution is -2.06. The maximum absolute atomic E-state index is 10.9. The smallest absolute Gasteiger partial charge is 0.318 e. The van der Waals surface area contributed by atoms with Gasteiger partial charge in [0.2, 0.25) is 0 Å². The maximum Gasteiger partial charge on any atom is 0.318 e. The molecular weight excluding hydrogens is 172 g/mol. The Morgan fingerprint density at radius 1 is 1.38 bits per heavy atom. The molecule has 0 unspecified atom stereocenters. The number of nitrogens with one attached hydrogen (secondary N) is 1. The number of hydrogen-bond acceptors (Lipinski definition) is 5. The molecule has 1 N–H and O–H groups in total. The first kappa shape index (κ1) is 7.66. The molecular formula is C7H6N4O2. The summed E-state index contributed by atoms with van der Waals surface area (Å²) >= 11 is 0. The lowest BCUT2D eigenvalue weighted by Gasteiger charge is -1.97. The Kier molecular flexibility index (Phi) is 1.66. The third kappa shape index (κ3) is 1.33.